The molecule has 0 radical (unpaired) electrons. The molecule has 152 valence electrons. The molecule has 3 heterocycles. The van der Waals surface area contributed by atoms with E-state index in [4.69, 9.17) is 0 Å². The molecular formula is C21H20F4N4. The monoisotopic (exact) mass is 404 g/mol. The average molecular weight is 404 g/mol. The van der Waals surface area contributed by atoms with Gasteiger partial charge in [-0.05, 0) is 43.7 Å². The van der Waals surface area contributed by atoms with Crippen LogP contribution in [0.25, 0.3) is 22.5 Å². The first kappa shape index (κ1) is 19.6. The molecule has 0 spiro atoms. The van der Waals surface area contributed by atoms with Crippen LogP contribution in [0.15, 0.2) is 48.8 Å². The zero-order valence-corrected chi connectivity index (χ0v) is 15.6. The van der Waals surface area contributed by atoms with E-state index < -0.39 is 12.7 Å². The summed E-state index contributed by atoms with van der Waals surface area (Å²) < 4.78 is 52.1. The number of aromatic nitrogens is 3. The third-order valence-corrected chi connectivity index (χ3v) is 5.09. The van der Waals surface area contributed by atoms with E-state index in [0.717, 1.165) is 18.4 Å². The molecule has 1 aliphatic rings. The zero-order chi connectivity index (χ0) is 20.4. The second kappa shape index (κ2) is 7.94. The topological polar surface area (TPSA) is 44.8 Å². The van der Waals surface area contributed by atoms with Gasteiger partial charge in [-0.3, -0.25) is 9.88 Å². The van der Waals surface area contributed by atoms with E-state index >= 15 is 0 Å². The number of H-pyrrole nitrogens is 1. The molecule has 4 rings (SSSR count). The van der Waals surface area contributed by atoms with E-state index in [9.17, 15) is 17.6 Å². The van der Waals surface area contributed by atoms with Crippen LogP contribution in [0.1, 0.15) is 31.1 Å². The lowest BCUT2D eigenvalue weighted by Crippen LogP contribution is -2.40. The number of aromatic amines is 1. The number of hydrogen-bond acceptors (Lipinski definition) is 3. The Balaban J connectivity index is 1.54. The van der Waals surface area contributed by atoms with Crippen LogP contribution < -0.4 is 0 Å². The van der Waals surface area contributed by atoms with Crippen molar-refractivity contribution in [2.24, 2.45) is 0 Å². The quantitative estimate of drug-likeness (QED) is 0.595. The second-order valence-electron chi connectivity index (χ2n) is 7.21. The summed E-state index contributed by atoms with van der Waals surface area (Å²) in [5.41, 5.74) is 2.67. The van der Waals surface area contributed by atoms with E-state index in [1.54, 1.807) is 30.6 Å². The maximum Gasteiger partial charge on any atom is 0.401 e. The lowest BCUT2D eigenvalue weighted by Gasteiger charge is -2.34. The highest BCUT2D eigenvalue weighted by Crippen LogP contribution is 2.33. The standard InChI is InChI=1S/C21H20F4N4/c22-16-5-3-4-14(10-16)17-8-7-15(11-26-17)18-12-27-20(28-18)19-6-1-2-9-29(19)13-21(23,24)25/h3-5,7-8,10-12,19H,1-2,6,9,13H2,(H,27,28)/t19-/m0/s1. The number of nitrogens with one attached hydrogen (secondary N) is 1. The number of rotatable bonds is 4. The summed E-state index contributed by atoms with van der Waals surface area (Å²) in [6.45, 7) is -0.526. The summed E-state index contributed by atoms with van der Waals surface area (Å²) in [5.74, 6) is 0.208. The molecule has 1 fully saturated rings. The number of piperidine rings is 1. The van der Waals surface area contributed by atoms with Gasteiger partial charge in [0, 0.05) is 23.5 Å². The number of halogens is 4. The van der Waals surface area contributed by atoms with Crippen LogP contribution in [-0.2, 0) is 0 Å². The van der Waals surface area contributed by atoms with Crippen molar-refractivity contribution in [3.05, 3.63) is 60.4 Å². The maximum atomic E-state index is 13.4. The van der Waals surface area contributed by atoms with Crippen molar-refractivity contribution < 1.29 is 17.6 Å². The van der Waals surface area contributed by atoms with Crippen LogP contribution >= 0.6 is 0 Å². The van der Waals surface area contributed by atoms with Crippen LogP contribution in [0.4, 0.5) is 17.6 Å². The molecule has 1 aromatic carbocycles. The number of likely N-dealkylation sites (tertiary alicyclic amines) is 1. The summed E-state index contributed by atoms with van der Waals surface area (Å²) in [4.78, 5) is 13.4. The molecule has 0 bridgehead atoms. The fraction of sp³-hybridized carbons (Fsp3) is 0.333. The van der Waals surface area contributed by atoms with Gasteiger partial charge < -0.3 is 4.98 Å². The Morgan fingerprint density at radius 1 is 1.07 bits per heavy atom. The third-order valence-electron chi connectivity index (χ3n) is 5.09. The first-order valence-electron chi connectivity index (χ1n) is 9.47. The van der Waals surface area contributed by atoms with Crippen molar-refractivity contribution >= 4 is 0 Å². The molecule has 29 heavy (non-hydrogen) atoms. The van der Waals surface area contributed by atoms with Gasteiger partial charge in [-0.1, -0.05) is 18.6 Å². The highest BCUT2D eigenvalue weighted by molar-refractivity contribution is 5.64. The van der Waals surface area contributed by atoms with E-state index in [1.165, 1.54) is 17.0 Å². The summed E-state index contributed by atoms with van der Waals surface area (Å²) in [6.07, 6.45) is 1.36. The number of hydrogen-bond donors (Lipinski definition) is 1. The second-order valence-corrected chi connectivity index (χ2v) is 7.21. The van der Waals surface area contributed by atoms with Crippen LogP contribution in [0.5, 0.6) is 0 Å². The van der Waals surface area contributed by atoms with Gasteiger partial charge in [0.2, 0.25) is 0 Å². The summed E-state index contributed by atoms with van der Waals surface area (Å²) in [5, 5.41) is 0. The summed E-state index contributed by atoms with van der Waals surface area (Å²) in [7, 11) is 0. The molecule has 4 nitrogen and oxygen atoms in total. The first-order valence-corrected chi connectivity index (χ1v) is 9.47. The van der Waals surface area contributed by atoms with E-state index in [0.29, 0.717) is 35.7 Å². The van der Waals surface area contributed by atoms with Crippen molar-refractivity contribution in [1.29, 1.82) is 0 Å². The molecule has 0 amide bonds. The lowest BCUT2D eigenvalue weighted by molar-refractivity contribution is -0.154. The van der Waals surface area contributed by atoms with Crippen LogP contribution in [0.2, 0.25) is 0 Å². The Kier molecular flexibility index (Phi) is 5.36. The van der Waals surface area contributed by atoms with Gasteiger partial charge in [0.1, 0.15) is 11.6 Å². The van der Waals surface area contributed by atoms with Gasteiger partial charge in [-0.2, -0.15) is 13.2 Å². The Labute approximate surface area is 165 Å². The summed E-state index contributed by atoms with van der Waals surface area (Å²) in [6, 6.07) is 9.39. The Hall–Kier alpha value is -2.74. The smallest absolute Gasteiger partial charge is 0.347 e. The van der Waals surface area contributed by atoms with Crippen LogP contribution in [0.3, 0.4) is 0 Å². The molecule has 0 saturated carbocycles. The van der Waals surface area contributed by atoms with Crippen molar-refractivity contribution in [3.63, 3.8) is 0 Å². The van der Waals surface area contributed by atoms with Gasteiger partial charge in [-0.15, -0.1) is 0 Å². The minimum atomic E-state index is -4.23. The number of pyridine rings is 1. The number of benzene rings is 1. The molecule has 2 aromatic heterocycles. The Morgan fingerprint density at radius 2 is 1.93 bits per heavy atom. The molecule has 0 unspecified atom stereocenters. The Morgan fingerprint density at radius 3 is 2.66 bits per heavy atom. The first-order chi connectivity index (χ1) is 13.9. The third kappa shape index (κ3) is 4.64. The minimum Gasteiger partial charge on any atom is -0.347 e. The molecule has 8 heteroatoms. The highest BCUT2D eigenvalue weighted by Gasteiger charge is 2.36. The molecule has 0 aliphatic carbocycles. The van der Waals surface area contributed by atoms with Crippen LogP contribution in [0, 0.1) is 5.82 Å². The lowest BCUT2D eigenvalue weighted by atomic mass is 10.0. The molecule has 1 atom stereocenters. The van der Waals surface area contributed by atoms with Crippen molar-refractivity contribution in [1.82, 2.24) is 19.9 Å². The van der Waals surface area contributed by atoms with Crippen LogP contribution in [-0.4, -0.2) is 39.1 Å². The largest absolute Gasteiger partial charge is 0.401 e. The van der Waals surface area contributed by atoms with Gasteiger partial charge in [-0.25, -0.2) is 9.37 Å². The fourth-order valence-corrected chi connectivity index (χ4v) is 3.74. The van der Waals surface area contributed by atoms with Gasteiger partial charge >= 0.3 is 6.18 Å². The minimum absolute atomic E-state index is 0.332. The normalized spacial score (nSPS) is 18.1. The molecule has 3 aromatic rings. The zero-order valence-electron chi connectivity index (χ0n) is 15.6. The van der Waals surface area contributed by atoms with Gasteiger partial charge in [0.15, 0.2) is 0 Å². The Bertz CT molecular complexity index is 965. The van der Waals surface area contributed by atoms with Crippen molar-refractivity contribution in [3.8, 4) is 22.5 Å². The average Bonchev–Trinajstić information content (AvgIpc) is 3.17. The predicted molar refractivity (Wildman–Crippen MR) is 101 cm³/mol. The molecule has 1 aliphatic heterocycles. The fourth-order valence-electron chi connectivity index (χ4n) is 3.74. The van der Waals surface area contributed by atoms with Crippen molar-refractivity contribution in [2.75, 3.05) is 13.1 Å². The molecule has 1 N–H and O–H groups in total. The number of alkyl halides is 3. The predicted octanol–water partition coefficient (Wildman–Crippen LogP) is 5.37. The van der Waals surface area contributed by atoms with Gasteiger partial charge in [0.25, 0.3) is 0 Å². The maximum absolute atomic E-state index is 13.4. The molecular weight excluding hydrogens is 384 g/mol. The number of imidazole rings is 1. The highest BCUT2D eigenvalue weighted by atomic mass is 19.4. The van der Waals surface area contributed by atoms with E-state index in [1.807, 2.05) is 6.07 Å². The van der Waals surface area contributed by atoms with E-state index in [2.05, 4.69) is 15.0 Å². The summed E-state index contributed by atoms with van der Waals surface area (Å²) >= 11 is 0. The molecule has 1 saturated heterocycles. The van der Waals surface area contributed by atoms with Gasteiger partial charge in [0.05, 0.1) is 24.0 Å². The van der Waals surface area contributed by atoms with Crippen molar-refractivity contribution in [2.45, 2.75) is 31.5 Å². The number of nitrogens with zero attached hydrogens (tertiary/aromatic N) is 3. The van der Waals surface area contributed by atoms with E-state index in [-0.39, 0.29) is 11.9 Å². The SMILES string of the molecule is Fc1cccc(-c2ccc(-c3c[nH]c([C@@H]4CCCCN4CC(F)(F)F)n3)cn2)c1.